The number of rotatable bonds is 9. The molecule has 0 heterocycles. The van der Waals surface area contributed by atoms with E-state index in [4.69, 9.17) is 14.2 Å². The molecule has 0 unspecified atom stereocenters. The molecule has 0 aliphatic rings. The van der Waals surface area contributed by atoms with E-state index in [1.807, 2.05) is 13.8 Å². The van der Waals surface area contributed by atoms with Gasteiger partial charge in [0.2, 0.25) is 5.76 Å². The lowest BCUT2D eigenvalue weighted by molar-refractivity contribution is -0.149. The molecule has 4 nitrogen and oxygen atoms in total. The number of hydrogen-bond acceptors (Lipinski definition) is 4. The van der Waals surface area contributed by atoms with Crippen molar-refractivity contribution in [2.75, 3.05) is 13.9 Å². The van der Waals surface area contributed by atoms with Crippen molar-refractivity contribution in [1.82, 2.24) is 0 Å². The van der Waals surface area contributed by atoms with Crippen LogP contribution in [-0.4, -0.2) is 26.0 Å². The molecular formula is C13H24O4. The van der Waals surface area contributed by atoms with Crippen molar-refractivity contribution in [1.29, 1.82) is 0 Å². The second-order valence-corrected chi connectivity index (χ2v) is 4.07. The minimum atomic E-state index is -0.423. The molecule has 0 radical (unpaired) electrons. The second-order valence-electron chi connectivity index (χ2n) is 4.07. The van der Waals surface area contributed by atoms with Gasteiger partial charge in [-0.15, -0.1) is 0 Å². The van der Waals surface area contributed by atoms with Gasteiger partial charge in [-0.1, -0.05) is 19.8 Å². The first-order valence-electron chi connectivity index (χ1n) is 6.14. The van der Waals surface area contributed by atoms with Crippen LogP contribution in [0.15, 0.2) is 11.8 Å². The third-order valence-corrected chi connectivity index (χ3v) is 2.01. The highest BCUT2D eigenvalue weighted by molar-refractivity contribution is 5.86. The van der Waals surface area contributed by atoms with Gasteiger partial charge in [0, 0.05) is 7.11 Å². The summed E-state index contributed by atoms with van der Waals surface area (Å²) in [7, 11) is 1.52. The molecular weight excluding hydrogens is 220 g/mol. The predicted octanol–water partition coefficient (Wildman–Crippen LogP) is 3.02. The summed E-state index contributed by atoms with van der Waals surface area (Å²) in [4.78, 5) is 11.7. The maximum Gasteiger partial charge on any atom is 0.373 e. The van der Waals surface area contributed by atoms with Crippen LogP contribution in [-0.2, 0) is 19.0 Å². The van der Waals surface area contributed by atoms with E-state index in [1.165, 1.54) is 7.11 Å². The number of esters is 1. The third kappa shape index (κ3) is 8.74. The molecule has 0 N–H and O–H groups in total. The number of methoxy groups -OCH3 is 1. The summed E-state index contributed by atoms with van der Waals surface area (Å²) >= 11 is 0. The van der Waals surface area contributed by atoms with Crippen LogP contribution in [0.4, 0.5) is 0 Å². The third-order valence-electron chi connectivity index (χ3n) is 2.01. The van der Waals surface area contributed by atoms with Crippen LogP contribution in [0.3, 0.4) is 0 Å². The number of carbonyl (C=O) groups is 1. The molecule has 0 aromatic carbocycles. The molecule has 0 aliphatic heterocycles. The quantitative estimate of drug-likeness (QED) is 0.206. The molecule has 0 spiro atoms. The molecule has 17 heavy (non-hydrogen) atoms. The average Bonchev–Trinajstić information content (AvgIpc) is 2.27. The largest absolute Gasteiger partial charge is 0.460 e. The summed E-state index contributed by atoms with van der Waals surface area (Å²) < 4.78 is 15.1. The minimum absolute atomic E-state index is 0.0623. The molecule has 0 aromatic rings. The summed E-state index contributed by atoms with van der Waals surface area (Å²) in [5, 5.41) is 0. The molecule has 0 saturated heterocycles. The lowest BCUT2D eigenvalue weighted by Gasteiger charge is -2.11. The fourth-order valence-corrected chi connectivity index (χ4v) is 1.22. The minimum Gasteiger partial charge on any atom is -0.460 e. The van der Waals surface area contributed by atoms with Crippen LogP contribution in [0.5, 0.6) is 0 Å². The Morgan fingerprint density at radius 1 is 1.29 bits per heavy atom. The van der Waals surface area contributed by atoms with Gasteiger partial charge >= 0.3 is 5.97 Å². The van der Waals surface area contributed by atoms with Crippen LogP contribution in [0.25, 0.3) is 0 Å². The van der Waals surface area contributed by atoms with Crippen molar-refractivity contribution in [3.8, 4) is 0 Å². The Kier molecular flexibility index (Phi) is 9.53. The van der Waals surface area contributed by atoms with Gasteiger partial charge in [0.15, 0.2) is 6.79 Å². The molecule has 100 valence electrons. The molecule has 0 aliphatic carbocycles. The highest BCUT2D eigenvalue weighted by Gasteiger charge is 2.13. The lowest BCUT2D eigenvalue weighted by Crippen LogP contribution is -2.16. The van der Waals surface area contributed by atoms with Gasteiger partial charge in [0.1, 0.15) is 0 Å². The van der Waals surface area contributed by atoms with Gasteiger partial charge in [0.05, 0.1) is 6.10 Å². The molecule has 0 atom stereocenters. The first-order valence-corrected chi connectivity index (χ1v) is 6.14. The van der Waals surface area contributed by atoms with E-state index in [2.05, 4.69) is 6.92 Å². The monoisotopic (exact) mass is 244 g/mol. The molecule has 0 aromatic heterocycles. The molecule has 0 fully saturated rings. The molecule has 0 amide bonds. The van der Waals surface area contributed by atoms with Gasteiger partial charge in [-0.25, -0.2) is 4.79 Å². The smallest absolute Gasteiger partial charge is 0.373 e. The molecule has 4 heteroatoms. The van der Waals surface area contributed by atoms with Crippen LogP contribution >= 0.6 is 0 Å². The second kappa shape index (κ2) is 10.1. The van der Waals surface area contributed by atoms with E-state index in [1.54, 1.807) is 6.08 Å². The van der Waals surface area contributed by atoms with Crippen molar-refractivity contribution in [2.45, 2.75) is 52.6 Å². The first kappa shape index (κ1) is 16.0. The Labute approximate surface area is 104 Å². The zero-order valence-electron chi connectivity index (χ0n) is 11.3. The number of hydrogen-bond donors (Lipinski definition) is 0. The SMILES string of the molecule is CCCCCC=C(OCOC)C(=O)OC(C)C. The van der Waals surface area contributed by atoms with Crippen molar-refractivity contribution >= 4 is 5.97 Å². The van der Waals surface area contributed by atoms with Crippen molar-refractivity contribution < 1.29 is 19.0 Å². The van der Waals surface area contributed by atoms with E-state index < -0.39 is 5.97 Å². The van der Waals surface area contributed by atoms with Crippen molar-refractivity contribution in [3.05, 3.63) is 11.8 Å². The molecule has 0 saturated carbocycles. The van der Waals surface area contributed by atoms with Crippen LogP contribution in [0.1, 0.15) is 46.5 Å². The van der Waals surface area contributed by atoms with Gasteiger partial charge in [0.25, 0.3) is 0 Å². The Hall–Kier alpha value is -1.03. The molecule has 0 rings (SSSR count). The van der Waals surface area contributed by atoms with Crippen LogP contribution in [0.2, 0.25) is 0 Å². The van der Waals surface area contributed by atoms with E-state index in [0.717, 1.165) is 25.7 Å². The van der Waals surface area contributed by atoms with Crippen molar-refractivity contribution in [2.24, 2.45) is 0 Å². The van der Waals surface area contributed by atoms with E-state index in [0.29, 0.717) is 0 Å². The Morgan fingerprint density at radius 3 is 2.53 bits per heavy atom. The average molecular weight is 244 g/mol. The maximum atomic E-state index is 11.7. The predicted molar refractivity (Wildman–Crippen MR) is 66.4 cm³/mol. The normalized spacial score (nSPS) is 11.7. The van der Waals surface area contributed by atoms with Crippen molar-refractivity contribution in [3.63, 3.8) is 0 Å². The number of allylic oxidation sites excluding steroid dienone is 1. The summed E-state index contributed by atoms with van der Waals surface area (Å²) in [6.45, 7) is 5.82. The summed E-state index contributed by atoms with van der Waals surface area (Å²) in [5.41, 5.74) is 0. The maximum absolute atomic E-state index is 11.7. The zero-order chi connectivity index (χ0) is 13.1. The Morgan fingerprint density at radius 2 is 2.00 bits per heavy atom. The zero-order valence-corrected chi connectivity index (χ0v) is 11.3. The number of unbranched alkanes of at least 4 members (excludes halogenated alkanes) is 3. The summed E-state index contributed by atoms with van der Waals surface area (Å²) in [6.07, 6.45) is 5.80. The highest BCUT2D eigenvalue weighted by atomic mass is 16.7. The topological polar surface area (TPSA) is 44.8 Å². The first-order chi connectivity index (χ1) is 8.11. The summed E-state index contributed by atoms with van der Waals surface area (Å²) in [5.74, 6) is -0.176. The van der Waals surface area contributed by atoms with E-state index in [-0.39, 0.29) is 18.7 Å². The van der Waals surface area contributed by atoms with Gasteiger partial charge < -0.3 is 14.2 Å². The molecule has 0 bridgehead atoms. The fraction of sp³-hybridized carbons (Fsp3) is 0.769. The Bertz CT molecular complexity index is 234. The standard InChI is InChI=1S/C13H24O4/c1-5-6-7-8-9-12(16-10-15-4)13(14)17-11(2)3/h9,11H,5-8,10H2,1-4H3. The number of ether oxygens (including phenoxy) is 3. The number of carbonyl (C=O) groups excluding carboxylic acids is 1. The van der Waals surface area contributed by atoms with Crippen LogP contribution in [0, 0.1) is 0 Å². The fourth-order valence-electron chi connectivity index (χ4n) is 1.22. The summed E-state index contributed by atoms with van der Waals surface area (Å²) in [6, 6.07) is 0. The lowest BCUT2D eigenvalue weighted by atomic mass is 10.2. The highest BCUT2D eigenvalue weighted by Crippen LogP contribution is 2.08. The Balaban J connectivity index is 4.24. The van der Waals surface area contributed by atoms with Crippen LogP contribution < -0.4 is 0 Å². The van der Waals surface area contributed by atoms with E-state index >= 15 is 0 Å². The van der Waals surface area contributed by atoms with Gasteiger partial charge in [-0.2, -0.15) is 0 Å². The van der Waals surface area contributed by atoms with Gasteiger partial charge in [-0.3, -0.25) is 0 Å². The van der Waals surface area contributed by atoms with E-state index in [9.17, 15) is 4.79 Å². The van der Waals surface area contributed by atoms with Gasteiger partial charge in [-0.05, 0) is 32.8 Å².